The maximum absolute atomic E-state index is 5.01. The van der Waals surface area contributed by atoms with E-state index >= 15 is 0 Å². The third-order valence-electron chi connectivity index (χ3n) is 2.19. The Bertz CT molecular complexity index is 672. The summed E-state index contributed by atoms with van der Waals surface area (Å²) in [5.41, 5.74) is 0. The predicted octanol–water partition coefficient (Wildman–Crippen LogP) is 2.86. The molecule has 4 N–H and O–H groups in total. The maximum Gasteiger partial charge on any atom is 0.200 e. The number of H-pyrrole nitrogens is 4. The number of hydrogen-bond acceptors (Lipinski definition) is 6. The standard InChI is InChI=1S/C8H8N6S4/c1-2(3-9-5(15)13-6(16)10-3)4-11-7(17)14-8(18)12-4/h2H,1H3,(H2,9,10,13,15,16)(H2,11,12,14,17,18). The first-order valence-corrected chi connectivity index (χ1v) is 6.50. The van der Waals surface area contributed by atoms with Crippen LogP contribution < -0.4 is 0 Å². The quantitative estimate of drug-likeness (QED) is 0.637. The summed E-state index contributed by atoms with van der Waals surface area (Å²) in [6.45, 7) is 1.89. The molecule has 2 heterocycles. The topological polar surface area (TPSA) is 88.9 Å². The average molecular weight is 316 g/mol. The molecular formula is C8H8N6S4. The van der Waals surface area contributed by atoms with Gasteiger partial charge in [-0.05, 0) is 55.8 Å². The van der Waals surface area contributed by atoms with Crippen molar-refractivity contribution in [2.24, 2.45) is 0 Å². The molecule has 0 atom stereocenters. The van der Waals surface area contributed by atoms with E-state index < -0.39 is 0 Å². The zero-order valence-electron chi connectivity index (χ0n) is 9.10. The molecule has 2 aromatic heterocycles. The molecule has 0 radical (unpaired) electrons. The van der Waals surface area contributed by atoms with Crippen molar-refractivity contribution in [2.75, 3.05) is 0 Å². The molecule has 0 aliphatic carbocycles. The SMILES string of the molecule is CC(c1nc(=S)[nH]c(=S)[nH]1)c1nc(=S)[nH]c(=S)[nH]1. The largest absolute Gasteiger partial charge is 0.320 e. The van der Waals surface area contributed by atoms with Crippen LogP contribution >= 0.6 is 48.9 Å². The Balaban J connectivity index is 2.57. The Hall–Kier alpha value is -1.10. The van der Waals surface area contributed by atoms with Crippen molar-refractivity contribution >= 4 is 48.9 Å². The lowest BCUT2D eigenvalue weighted by Gasteiger charge is -2.09. The van der Waals surface area contributed by atoms with Crippen LogP contribution in [0, 0.1) is 19.1 Å². The molecule has 6 nitrogen and oxygen atoms in total. The minimum absolute atomic E-state index is 0.180. The highest BCUT2D eigenvalue weighted by atomic mass is 32.1. The van der Waals surface area contributed by atoms with Crippen molar-refractivity contribution in [3.8, 4) is 0 Å². The van der Waals surface area contributed by atoms with Gasteiger partial charge in [0.2, 0.25) is 9.54 Å². The van der Waals surface area contributed by atoms with Crippen LogP contribution in [0.4, 0.5) is 0 Å². The number of rotatable bonds is 2. The minimum Gasteiger partial charge on any atom is -0.320 e. The minimum atomic E-state index is -0.180. The summed E-state index contributed by atoms with van der Waals surface area (Å²) in [4.78, 5) is 19.6. The monoisotopic (exact) mass is 316 g/mol. The first kappa shape index (κ1) is 13.3. The Morgan fingerprint density at radius 1 is 0.778 bits per heavy atom. The zero-order chi connectivity index (χ0) is 13.3. The maximum atomic E-state index is 5.01. The number of hydrogen-bond donors (Lipinski definition) is 4. The van der Waals surface area contributed by atoms with Crippen LogP contribution in [0.2, 0.25) is 0 Å². The van der Waals surface area contributed by atoms with Gasteiger partial charge >= 0.3 is 0 Å². The molecule has 0 aliphatic heterocycles. The Labute approximate surface area is 122 Å². The van der Waals surface area contributed by atoms with Crippen LogP contribution in [0.25, 0.3) is 0 Å². The summed E-state index contributed by atoms with van der Waals surface area (Å²) in [7, 11) is 0. The number of nitrogens with one attached hydrogen (secondary N) is 4. The Morgan fingerprint density at radius 3 is 1.50 bits per heavy atom. The van der Waals surface area contributed by atoms with E-state index in [-0.39, 0.29) is 5.92 Å². The molecule has 2 aromatic rings. The van der Waals surface area contributed by atoms with Gasteiger partial charge in [0.25, 0.3) is 0 Å². The summed E-state index contributed by atoms with van der Waals surface area (Å²) in [6, 6.07) is 0. The molecule has 0 aliphatic rings. The van der Waals surface area contributed by atoms with E-state index in [1.54, 1.807) is 0 Å². The third-order valence-corrected chi connectivity index (χ3v) is 2.98. The van der Waals surface area contributed by atoms with Gasteiger partial charge in [-0.3, -0.25) is 0 Å². The van der Waals surface area contributed by atoms with Crippen molar-refractivity contribution < 1.29 is 0 Å². The van der Waals surface area contributed by atoms with Gasteiger partial charge in [-0.25, -0.2) is 9.97 Å². The highest BCUT2D eigenvalue weighted by Crippen LogP contribution is 2.15. The smallest absolute Gasteiger partial charge is 0.200 e. The fourth-order valence-corrected chi connectivity index (χ4v) is 2.29. The van der Waals surface area contributed by atoms with Gasteiger partial charge in [0, 0.05) is 0 Å². The molecule has 0 fully saturated rings. The highest BCUT2D eigenvalue weighted by molar-refractivity contribution is 7.72. The second kappa shape index (κ2) is 5.26. The van der Waals surface area contributed by atoms with E-state index in [1.807, 2.05) is 6.92 Å². The number of aromatic nitrogens is 6. The molecule has 94 valence electrons. The highest BCUT2D eigenvalue weighted by Gasteiger charge is 2.13. The molecule has 0 spiro atoms. The van der Waals surface area contributed by atoms with Gasteiger partial charge in [-0.1, -0.05) is 0 Å². The van der Waals surface area contributed by atoms with Crippen LogP contribution in [0.3, 0.4) is 0 Å². The van der Waals surface area contributed by atoms with Gasteiger partial charge in [0.15, 0.2) is 9.54 Å². The molecule has 0 amide bonds. The summed E-state index contributed by atoms with van der Waals surface area (Å²) in [5, 5.41) is 0. The Kier molecular flexibility index (Phi) is 3.90. The van der Waals surface area contributed by atoms with Gasteiger partial charge in [0.05, 0.1) is 5.92 Å². The van der Waals surface area contributed by atoms with E-state index in [2.05, 4.69) is 29.9 Å². The van der Waals surface area contributed by atoms with E-state index in [4.69, 9.17) is 48.9 Å². The summed E-state index contributed by atoms with van der Waals surface area (Å²) >= 11 is 20.0. The molecular weight excluding hydrogens is 308 g/mol. The lowest BCUT2D eigenvalue weighted by Crippen LogP contribution is -2.09. The van der Waals surface area contributed by atoms with Crippen LogP contribution in [-0.4, -0.2) is 29.9 Å². The number of nitrogens with zero attached hydrogens (tertiary/aromatic N) is 2. The number of aromatic amines is 4. The fourth-order valence-electron chi connectivity index (χ4n) is 1.36. The van der Waals surface area contributed by atoms with Crippen molar-refractivity contribution in [3.05, 3.63) is 30.7 Å². The van der Waals surface area contributed by atoms with E-state index in [0.717, 1.165) is 0 Å². The average Bonchev–Trinajstić information content (AvgIpc) is 2.25. The van der Waals surface area contributed by atoms with Crippen LogP contribution in [0.15, 0.2) is 0 Å². The molecule has 18 heavy (non-hydrogen) atoms. The van der Waals surface area contributed by atoms with Gasteiger partial charge in [0.1, 0.15) is 11.6 Å². The summed E-state index contributed by atoms with van der Waals surface area (Å²) in [6.07, 6.45) is 0. The third kappa shape index (κ3) is 3.02. The lowest BCUT2D eigenvalue weighted by molar-refractivity contribution is 0.718. The Morgan fingerprint density at radius 2 is 1.17 bits per heavy atom. The van der Waals surface area contributed by atoms with Crippen molar-refractivity contribution in [2.45, 2.75) is 12.8 Å². The normalized spacial score (nSPS) is 10.8. The first-order valence-electron chi connectivity index (χ1n) is 4.87. The predicted molar refractivity (Wildman–Crippen MR) is 76.7 cm³/mol. The van der Waals surface area contributed by atoms with Crippen molar-refractivity contribution in [1.82, 2.24) is 29.9 Å². The molecule has 0 aromatic carbocycles. The van der Waals surface area contributed by atoms with Gasteiger partial charge in [-0.2, -0.15) is 0 Å². The molecule has 0 saturated carbocycles. The van der Waals surface area contributed by atoms with Crippen molar-refractivity contribution in [3.63, 3.8) is 0 Å². The second-order valence-corrected chi connectivity index (χ2v) is 5.07. The van der Waals surface area contributed by atoms with Crippen LogP contribution in [0.1, 0.15) is 24.5 Å². The molecule has 2 rings (SSSR count). The van der Waals surface area contributed by atoms with E-state index in [1.165, 1.54) is 0 Å². The zero-order valence-corrected chi connectivity index (χ0v) is 12.4. The summed E-state index contributed by atoms with van der Waals surface area (Å²) < 4.78 is 1.47. The summed E-state index contributed by atoms with van der Waals surface area (Å²) in [5.74, 6) is 1.02. The van der Waals surface area contributed by atoms with Crippen molar-refractivity contribution in [1.29, 1.82) is 0 Å². The van der Waals surface area contributed by atoms with Crippen LogP contribution in [0.5, 0.6) is 0 Å². The van der Waals surface area contributed by atoms with Gasteiger partial charge in [-0.15, -0.1) is 0 Å². The van der Waals surface area contributed by atoms with Crippen LogP contribution in [-0.2, 0) is 0 Å². The molecule has 0 bridgehead atoms. The molecule has 10 heteroatoms. The first-order chi connectivity index (χ1) is 8.45. The molecule has 0 saturated heterocycles. The molecule has 0 unspecified atom stereocenters. The lowest BCUT2D eigenvalue weighted by atomic mass is 10.1. The van der Waals surface area contributed by atoms with E-state index in [9.17, 15) is 0 Å². The second-order valence-electron chi connectivity index (χ2n) is 3.48. The fraction of sp³-hybridized carbons (Fsp3) is 0.250. The van der Waals surface area contributed by atoms with Gasteiger partial charge < -0.3 is 19.9 Å². The van der Waals surface area contributed by atoms with E-state index in [0.29, 0.717) is 30.7 Å².